The van der Waals surface area contributed by atoms with Gasteiger partial charge in [0.2, 0.25) is 0 Å². The van der Waals surface area contributed by atoms with Crippen molar-refractivity contribution in [3.05, 3.63) is 12.7 Å². The first-order chi connectivity index (χ1) is 5.36. The highest BCUT2D eigenvalue weighted by Crippen LogP contribution is 2.30. The molecule has 1 heterocycles. The lowest BCUT2D eigenvalue weighted by Crippen LogP contribution is -2.09. The normalized spacial score (nSPS) is 16.4. The molecule has 1 aromatic rings. The summed E-state index contributed by atoms with van der Waals surface area (Å²) in [6.45, 7) is 0. The van der Waals surface area contributed by atoms with Gasteiger partial charge in [0.05, 0.1) is 5.92 Å². The van der Waals surface area contributed by atoms with Crippen molar-refractivity contribution in [2.45, 2.75) is 12.8 Å². The van der Waals surface area contributed by atoms with Crippen molar-refractivity contribution in [1.29, 1.82) is 0 Å². The van der Waals surface area contributed by atoms with Crippen LogP contribution in [0.4, 0.5) is 0 Å². The first-order valence-corrected chi connectivity index (χ1v) is 3.46. The smallest absolute Gasteiger partial charge is 0.315 e. The average molecular weight is 153 g/mol. The summed E-state index contributed by atoms with van der Waals surface area (Å²) in [5.41, 5.74) is 0. The maximum absolute atomic E-state index is 11.0. The summed E-state index contributed by atoms with van der Waals surface area (Å²) in [5.74, 6) is 0.160. The van der Waals surface area contributed by atoms with Crippen LogP contribution in [-0.4, -0.2) is 11.0 Å². The van der Waals surface area contributed by atoms with Gasteiger partial charge < -0.3 is 9.15 Å². The van der Waals surface area contributed by atoms with E-state index in [0.717, 1.165) is 12.8 Å². The standard InChI is InChI=1S/C7H7NO3/c9-7(5-1-2-5)11-6-3-10-4-8-6/h3-5H,1-2H2. The molecule has 0 aromatic carbocycles. The van der Waals surface area contributed by atoms with Gasteiger partial charge in [0, 0.05) is 0 Å². The Morgan fingerprint density at radius 3 is 3.09 bits per heavy atom. The second-order valence-corrected chi connectivity index (χ2v) is 2.52. The molecule has 4 nitrogen and oxygen atoms in total. The van der Waals surface area contributed by atoms with Gasteiger partial charge in [-0.2, -0.15) is 4.98 Å². The predicted octanol–water partition coefficient (Wildman–Crippen LogP) is 0.990. The van der Waals surface area contributed by atoms with Gasteiger partial charge in [-0.05, 0) is 12.8 Å². The molecule has 1 aromatic heterocycles. The molecule has 0 amide bonds. The van der Waals surface area contributed by atoms with E-state index in [-0.39, 0.29) is 17.8 Å². The Hall–Kier alpha value is -1.32. The van der Waals surface area contributed by atoms with Gasteiger partial charge in [-0.3, -0.25) is 4.79 Å². The first-order valence-electron chi connectivity index (χ1n) is 3.46. The maximum Gasteiger partial charge on any atom is 0.315 e. The van der Waals surface area contributed by atoms with E-state index in [1.165, 1.54) is 12.7 Å². The summed E-state index contributed by atoms with van der Waals surface area (Å²) in [6.07, 6.45) is 4.42. The van der Waals surface area contributed by atoms with Crippen LogP contribution in [0.25, 0.3) is 0 Å². The molecule has 0 spiro atoms. The first kappa shape index (κ1) is 6.39. The van der Waals surface area contributed by atoms with Gasteiger partial charge in [-0.15, -0.1) is 0 Å². The van der Waals surface area contributed by atoms with Crippen LogP contribution < -0.4 is 4.74 Å². The van der Waals surface area contributed by atoms with Crippen LogP contribution >= 0.6 is 0 Å². The number of rotatable bonds is 2. The highest BCUT2D eigenvalue weighted by Gasteiger charge is 2.31. The third kappa shape index (κ3) is 1.39. The zero-order valence-corrected chi connectivity index (χ0v) is 5.82. The van der Waals surface area contributed by atoms with Gasteiger partial charge in [-0.1, -0.05) is 0 Å². The summed E-state index contributed by atoms with van der Waals surface area (Å²) in [6, 6.07) is 0. The largest absolute Gasteiger partial charge is 0.448 e. The Morgan fingerprint density at radius 1 is 1.73 bits per heavy atom. The number of ether oxygens (including phenoxy) is 1. The molecule has 1 aliphatic rings. The maximum atomic E-state index is 11.0. The molecule has 0 unspecified atom stereocenters. The fourth-order valence-corrected chi connectivity index (χ4v) is 0.757. The zero-order valence-electron chi connectivity index (χ0n) is 5.82. The summed E-state index contributed by atoms with van der Waals surface area (Å²) < 4.78 is 9.46. The molecule has 0 N–H and O–H groups in total. The van der Waals surface area contributed by atoms with Crippen molar-refractivity contribution >= 4 is 5.97 Å². The minimum absolute atomic E-state index is 0.103. The fraction of sp³-hybridized carbons (Fsp3) is 0.429. The zero-order chi connectivity index (χ0) is 7.68. The van der Waals surface area contributed by atoms with Crippen molar-refractivity contribution in [1.82, 2.24) is 4.98 Å². The van der Waals surface area contributed by atoms with Crippen LogP contribution in [0, 0.1) is 5.92 Å². The Labute approximate surface area is 63.2 Å². The minimum Gasteiger partial charge on any atom is -0.448 e. The summed E-state index contributed by atoms with van der Waals surface area (Å²) in [4.78, 5) is 14.6. The highest BCUT2D eigenvalue weighted by molar-refractivity contribution is 5.76. The Balaban J connectivity index is 1.94. The van der Waals surface area contributed by atoms with Gasteiger partial charge in [0.1, 0.15) is 0 Å². The van der Waals surface area contributed by atoms with Crippen molar-refractivity contribution < 1.29 is 13.9 Å². The molecule has 0 radical (unpaired) electrons. The molecule has 1 saturated carbocycles. The summed E-state index contributed by atoms with van der Waals surface area (Å²) >= 11 is 0. The van der Waals surface area contributed by atoms with Crippen LogP contribution in [0.1, 0.15) is 12.8 Å². The summed E-state index contributed by atoms with van der Waals surface area (Å²) in [5, 5.41) is 0. The molecule has 0 atom stereocenters. The molecule has 4 heteroatoms. The van der Waals surface area contributed by atoms with Gasteiger partial charge in [-0.25, -0.2) is 0 Å². The highest BCUT2D eigenvalue weighted by atomic mass is 16.6. The van der Waals surface area contributed by atoms with Crippen molar-refractivity contribution in [2.75, 3.05) is 0 Å². The quantitative estimate of drug-likeness (QED) is 0.594. The Morgan fingerprint density at radius 2 is 2.55 bits per heavy atom. The number of nitrogens with zero attached hydrogens (tertiary/aromatic N) is 1. The van der Waals surface area contributed by atoms with Gasteiger partial charge >= 0.3 is 5.97 Å². The lowest BCUT2D eigenvalue weighted by molar-refractivity contribution is -0.136. The molecule has 11 heavy (non-hydrogen) atoms. The minimum atomic E-state index is -0.195. The van der Waals surface area contributed by atoms with E-state index in [1.807, 2.05) is 0 Å². The lowest BCUT2D eigenvalue weighted by atomic mass is 10.4. The second kappa shape index (κ2) is 2.38. The SMILES string of the molecule is O=C(Oc1cocn1)C1CC1. The fourth-order valence-electron chi connectivity index (χ4n) is 0.757. The van der Waals surface area contributed by atoms with E-state index < -0.39 is 0 Å². The van der Waals surface area contributed by atoms with E-state index in [4.69, 9.17) is 4.74 Å². The molecule has 2 rings (SSSR count). The number of carbonyl (C=O) groups is 1. The Kier molecular flexibility index (Phi) is 1.38. The molecule has 58 valence electrons. The molecular weight excluding hydrogens is 146 g/mol. The molecule has 1 aliphatic carbocycles. The monoisotopic (exact) mass is 153 g/mol. The lowest BCUT2D eigenvalue weighted by Gasteiger charge is -1.94. The number of hydrogen-bond donors (Lipinski definition) is 0. The molecular formula is C7H7NO3. The number of aromatic nitrogens is 1. The Bertz CT molecular complexity index is 251. The van der Waals surface area contributed by atoms with E-state index in [0.29, 0.717) is 0 Å². The third-order valence-electron chi connectivity index (χ3n) is 1.53. The molecule has 0 aliphatic heterocycles. The average Bonchev–Trinajstić information content (AvgIpc) is 2.73. The van der Waals surface area contributed by atoms with Crippen molar-refractivity contribution in [3.63, 3.8) is 0 Å². The topological polar surface area (TPSA) is 52.3 Å². The van der Waals surface area contributed by atoms with Gasteiger partial charge in [0.15, 0.2) is 12.7 Å². The van der Waals surface area contributed by atoms with E-state index >= 15 is 0 Å². The number of hydrogen-bond acceptors (Lipinski definition) is 4. The van der Waals surface area contributed by atoms with E-state index in [9.17, 15) is 4.79 Å². The van der Waals surface area contributed by atoms with Crippen molar-refractivity contribution in [3.8, 4) is 5.88 Å². The number of carbonyl (C=O) groups excluding carboxylic acids is 1. The molecule has 0 bridgehead atoms. The van der Waals surface area contributed by atoms with Crippen LogP contribution in [0.5, 0.6) is 5.88 Å². The summed E-state index contributed by atoms with van der Waals surface area (Å²) in [7, 11) is 0. The molecule has 1 fully saturated rings. The van der Waals surface area contributed by atoms with Crippen LogP contribution in [-0.2, 0) is 4.79 Å². The van der Waals surface area contributed by atoms with Crippen LogP contribution in [0.3, 0.4) is 0 Å². The predicted molar refractivity (Wildman–Crippen MR) is 34.9 cm³/mol. The van der Waals surface area contributed by atoms with E-state index in [2.05, 4.69) is 9.40 Å². The second-order valence-electron chi connectivity index (χ2n) is 2.52. The third-order valence-corrected chi connectivity index (χ3v) is 1.53. The number of esters is 1. The van der Waals surface area contributed by atoms with Gasteiger partial charge in [0.25, 0.3) is 5.88 Å². The van der Waals surface area contributed by atoms with Crippen molar-refractivity contribution in [2.24, 2.45) is 5.92 Å². The van der Waals surface area contributed by atoms with E-state index in [1.54, 1.807) is 0 Å². The molecule has 0 saturated heterocycles. The van der Waals surface area contributed by atoms with Crippen LogP contribution in [0.15, 0.2) is 17.1 Å². The number of oxazole rings is 1. The van der Waals surface area contributed by atoms with Crippen LogP contribution in [0.2, 0.25) is 0 Å².